The van der Waals surface area contributed by atoms with E-state index in [1.54, 1.807) is 6.26 Å². The van der Waals surface area contributed by atoms with Crippen LogP contribution in [0.5, 0.6) is 0 Å². The third-order valence-corrected chi connectivity index (χ3v) is 6.92. The molecule has 1 saturated heterocycles. The molecular formula is C27H34N6O3. The van der Waals surface area contributed by atoms with Crippen molar-refractivity contribution < 1.29 is 9.15 Å². The Hall–Kier alpha value is -3.30. The van der Waals surface area contributed by atoms with Gasteiger partial charge in [0.1, 0.15) is 11.8 Å². The molecular weight excluding hydrogens is 456 g/mol. The quantitative estimate of drug-likeness (QED) is 0.413. The van der Waals surface area contributed by atoms with Crippen molar-refractivity contribution in [2.24, 2.45) is 0 Å². The molecule has 0 radical (unpaired) electrons. The maximum absolute atomic E-state index is 13.7. The Balaban J connectivity index is 1.70. The van der Waals surface area contributed by atoms with Gasteiger partial charge in [0.25, 0.3) is 5.56 Å². The monoisotopic (exact) mass is 490 g/mol. The fraction of sp³-hybridized carbons (Fsp3) is 0.481. The second kappa shape index (κ2) is 9.63. The number of tetrazole rings is 1. The standard InChI is InChI=1S/C27H34N6O3/c1-17-12-19-14-22(26(34)28-23(19)13-18(17)2)24(25-29-30-31-33(25)27(3,4)5)32(15-20-8-6-10-35-20)16-21-9-7-11-36-21/h6,8,10,12-14,21,24H,7,9,11,15-16H2,1-5H3,(H,28,34)/t21-,24+/m1/s1. The molecule has 0 spiro atoms. The number of pyridine rings is 1. The molecule has 36 heavy (non-hydrogen) atoms. The fourth-order valence-electron chi connectivity index (χ4n) is 4.95. The average molecular weight is 491 g/mol. The van der Waals surface area contributed by atoms with E-state index in [0.717, 1.165) is 41.7 Å². The summed E-state index contributed by atoms with van der Waals surface area (Å²) in [6, 6.07) is 9.44. The molecule has 190 valence electrons. The van der Waals surface area contributed by atoms with Crippen molar-refractivity contribution in [1.82, 2.24) is 30.1 Å². The number of H-pyrrole nitrogens is 1. The molecule has 0 aliphatic carbocycles. The lowest BCUT2D eigenvalue weighted by molar-refractivity contribution is 0.0536. The first-order valence-corrected chi connectivity index (χ1v) is 12.5. The zero-order valence-corrected chi connectivity index (χ0v) is 21.6. The minimum atomic E-state index is -0.511. The fourth-order valence-corrected chi connectivity index (χ4v) is 4.95. The predicted molar refractivity (Wildman–Crippen MR) is 137 cm³/mol. The van der Waals surface area contributed by atoms with Crippen LogP contribution in [0.25, 0.3) is 10.9 Å². The van der Waals surface area contributed by atoms with Gasteiger partial charge in [-0.25, -0.2) is 4.68 Å². The smallest absolute Gasteiger partial charge is 0.253 e. The molecule has 1 aliphatic rings. The molecule has 9 nitrogen and oxygen atoms in total. The molecule has 4 heterocycles. The highest BCUT2D eigenvalue weighted by molar-refractivity contribution is 5.81. The van der Waals surface area contributed by atoms with Gasteiger partial charge in [0.2, 0.25) is 0 Å². The van der Waals surface area contributed by atoms with Crippen molar-refractivity contribution in [3.8, 4) is 0 Å². The number of ether oxygens (including phenoxy) is 1. The Labute approximate surface area is 210 Å². The van der Waals surface area contributed by atoms with Gasteiger partial charge in [0.05, 0.1) is 24.5 Å². The number of aromatic nitrogens is 5. The van der Waals surface area contributed by atoms with Gasteiger partial charge in [0.15, 0.2) is 5.82 Å². The Bertz CT molecular complexity index is 1390. The molecule has 1 aliphatic heterocycles. The number of nitrogens with zero attached hydrogens (tertiary/aromatic N) is 5. The van der Waals surface area contributed by atoms with E-state index in [4.69, 9.17) is 9.15 Å². The van der Waals surface area contributed by atoms with Gasteiger partial charge in [-0.1, -0.05) is 0 Å². The minimum Gasteiger partial charge on any atom is -0.468 e. The van der Waals surface area contributed by atoms with Gasteiger partial charge in [0, 0.05) is 24.2 Å². The highest BCUT2D eigenvalue weighted by atomic mass is 16.5. The normalized spacial score (nSPS) is 17.3. The van der Waals surface area contributed by atoms with E-state index in [9.17, 15) is 4.79 Å². The Morgan fingerprint density at radius 3 is 2.72 bits per heavy atom. The molecule has 4 aromatic rings. The molecule has 0 saturated carbocycles. The average Bonchev–Trinajstić information content (AvgIpc) is 3.58. The van der Waals surface area contributed by atoms with Crippen LogP contribution >= 0.6 is 0 Å². The van der Waals surface area contributed by atoms with Crippen molar-refractivity contribution in [1.29, 1.82) is 0 Å². The van der Waals surface area contributed by atoms with Crippen LogP contribution in [0.3, 0.4) is 0 Å². The van der Waals surface area contributed by atoms with E-state index >= 15 is 0 Å². The van der Waals surface area contributed by atoms with E-state index in [-0.39, 0.29) is 17.2 Å². The first kappa shape index (κ1) is 24.4. The lowest BCUT2D eigenvalue weighted by atomic mass is 9.99. The van der Waals surface area contributed by atoms with Crippen LogP contribution in [0.1, 0.15) is 67.9 Å². The van der Waals surface area contributed by atoms with Gasteiger partial charge in [-0.05, 0) is 105 Å². The third kappa shape index (κ3) is 4.85. The molecule has 1 N–H and O–H groups in total. The summed E-state index contributed by atoms with van der Waals surface area (Å²) >= 11 is 0. The molecule has 0 amide bonds. The van der Waals surface area contributed by atoms with Crippen molar-refractivity contribution in [3.63, 3.8) is 0 Å². The molecule has 9 heteroatoms. The number of benzene rings is 1. The van der Waals surface area contributed by atoms with Gasteiger partial charge in [-0.2, -0.15) is 0 Å². The number of rotatable bonds is 7. The maximum atomic E-state index is 13.7. The molecule has 3 aromatic heterocycles. The van der Waals surface area contributed by atoms with Crippen LogP contribution in [0.15, 0.2) is 45.8 Å². The minimum absolute atomic E-state index is 0.0610. The Kier molecular flexibility index (Phi) is 6.53. The zero-order valence-electron chi connectivity index (χ0n) is 21.6. The van der Waals surface area contributed by atoms with Crippen molar-refractivity contribution in [3.05, 3.63) is 75.2 Å². The summed E-state index contributed by atoms with van der Waals surface area (Å²) in [5.41, 5.74) is 3.18. The van der Waals surface area contributed by atoms with Crippen molar-refractivity contribution in [2.45, 2.75) is 71.7 Å². The van der Waals surface area contributed by atoms with Crippen molar-refractivity contribution in [2.75, 3.05) is 13.2 Å². The number of nitrogens with one attached hydrogen (secondary N) is 1. The Morgan fingerprint density at radius 2 is 2.03 bits per heavy atom. The summed E-state index contributed by atoms with van der Waals surface area (Å²) < 4.78 is 13.6. The number of furan rings is 1. The first-order chi connectivity index (χ1) is 17.2. The molecule has 1 aromatic carbocycles. The van der Waals surface area contributed by atoms with Crippen LogP contribution in [-0.2, 0) is 16.8 Å². The lowest BCUT2D eigenvalue weighted by Gasteiger charge is -2.33. The number of hydrogen-bond donors (Lipinski definition) is 1. The molecule has 1 fully saturated rings. The summed E-state index contributed by atoms with van der Waals surface area (Å²) in [6.07, 6.45) is 3.73. The van der Waals surface area contributed by atoms with E-state index in [1.807, 2.05) is 35.9 Å². The SMILES string of the molecule is Cc1cc2cc([C@@H](c3nnnn3C(C)(C)C)N(Cc3ccco3)C[C@H]3CCCO3)c(=O)[nH]c2cc1C. The second-order valence-electron chi connectivity index (χ2n) is 10.7. The number of aryl methyl sites for hydroxylation is 2. The van der Waals surface area contributed by atoms with Crippen LogP contribution in [0.4, 0.5) is 0 Å². The maximum Gasteiger partial charge on any atom is 0.253 e. The van der Waals surface area contributed by atoms with Crippen LogP contribution in [-0.4, -0.2) is 49.3 Å². The van der Waals surface area contributed by atoms with Gasteiger partial charge in [-0.3, -0.25) is 9.69 Å². The largest absolute Gasteiger partial charge is 0.468 e. The summed E-state index contributed by atoms with van der Waals surface area (Å²) in [5, 5.41) is 13.8. The van der Waals surface area contributed by atoms with Gasteiger partial charge >= 0.3 is 0 Å². The summed E-state index contributed by atoms with van der Waals surface area (Å²) in [5.74, 6) is 1.41. The predicted octanol–water partition coefficient (Wildman–Crippen LogP) is 4.25. The topological polar surface area (TPSA) is 102 Å². The zero-order chi connectivity index (χ0) is 25.4. The number of hydrogen-bond acceptors (Lipinski definition) is 7. The van der Waals surface area contributed by atoms with Gasteiger partial charge < -0.3 is 14.1 Å². The molecule has 0 unspecified atom stereocenters. The summed E-state index contributed by atoms with van der Waals surface area (Å²) in [7, 11) is 0. The number of fused-ring (bicyclic) bond motifs is 1. The van der Waals surface area contributed by atoms with Crippen LogP contribution in [0, 0.1) is 13.8 Å². The van der Waals surface area contributed by atoms with E-state index in [1.165, 1.54) is 5.56 Å². The third-order valence-electron chi connectivity index (χ3n) is 6.92. The van der Waals surface area contributed by atoms with Crippen LogP contribution < -0.4 is 5.56 Å². The van der Waals surface area contributed by atoms with Crippen molar-refractivity contribution >= 4 is 10.9 Å². The van der Waals surface area contributed by atoms with Crippen LogP contribution in [0.2, 0.25) is 0 Å². The summed E-state index contributed by atoms with van der Waals surface area (Å²) in [6.45, 7) is 12.1. The molecule has 0 bridgehead atoms. The highest BCUT2D eigenvalue weighted by Gasteiger charge is 2.35. The van der Waals surface area contributed by atoms with E-state index in [0.29, 0.717) is 24.5 Å². The summed E-state index contributed by atoms with van der Waals surface area (Å²) in [4.78, 5) is 19.0. The molecule has 5 rings (SSSR count). The number of aromatic amines is 1. The Morgan fingerprint density at radius 1 is 1.22 bits per heavy atom. The second-order valence-corrected chi connectivity index (χ2v) is 10.7. The lowest BCUT2D eigenvalue weighted by Crippen LogP contribution is -2.40. The highest BCUT2D eigenvalue weighted by Crippen LogP contribution is 2.32. The van der Waals surface area contributed by atoms with Gasteiger partial charge in [-0.15, -0.1) is 5.10 Å². The van der Waals surface area contributed by atoms with E-state index < -0.39 is 6.04 Å². The van der Waals surface area contributed by atoms with E-state index in [2.05, 4.69) is 59.2 Å². The molecule has 2 atom stereocenters. The first-order valence-electron chi connectivity index (χ1n) is 12.5.